The Labute approximate surface area is 128 Å². The van der Waals surface area contributed by atoms with E-state index in [4.69, 9.17) is 10.5 Å². The fourth-order valence-corrected chi connectivity index (χ4v) is 3.11. The second-order valence-corrected chi connectivity index (χ2v) is 5.72. The summed E-state index contributed by atoms with van der Waals surface area (Å²) in [5.74, 6) is 0.650. The van der Waals surface area contributed by atoms with Crippen molar-refractivity contribution in [2.45, 2.75) is 19.9 Å². The summed E-state index contributed by atoms with van der Waals surface area (Å²) in [6.07, 6.45) is 0. The predicted molar refractivity (Wildman–Crippen MR) is 84.5 cm³/mol. The van der Waals surface area contributed by atoms with E-state index in [0.29, 0.717) is 0 Å². The first-order valence-electron chi connectivity index (χ1n) is 6.66. The summed E-state index contributed by atoms with van der Waals surface area (Å²) in [7, 11) is 1.64. The fourth-order valence-electron chi connectivity index (χ4n) is 2.03. The van der Waals surface area contributed by atoms with Gasteiger partial charge in [0.15, 0.2) is 0 Å². The van der Waals surface area contributed by atoms with Gasteiger partial charge in [0.2, 0.25) is 5.91 Å². The maximum atomic E-state index is 11.4. The van der Waals surface area contributed by atoms with Gasteiger partial charge in [-0.25, -0.2) is 4.98 Å². The van der Waals surface area contributed by atoms with Crippen LogP contribution in [0.2, 0.25) is 0 Å². The molecule has 21 heavy (non-hydrogen) atoms. The van der Waals surface area contributed by atoms with E-state index in [2.05, 4.69) is 10.3 Å². The molecule has 1 heterocycles. The molecule has 5 nitrogen and oxygen atoms in total. The van der Waals surface area contributed by atoms with Crippen LogP contribution in [-0.2, 0) is 4.79 Å². The average Bonchev–Trinajstić information content (AvgIpc) is 2.89. The largest absolute Gasteiger partial charge is 0.497 e. The van der Waals surface area contributed by atoms with Gasteiger partial charge >= 0.3 is 0 Å². The Morgan fingerprint density at radius 3 is 2.67 bits per heavy atom. The van der Waals surface area contributed by atoms with E-state index in [9.17, 15) is 4.79 Å². The van der Waals surface area contributed by atoms with Crippen molar-refractivity contribution in [2.75, 3.05) is 13.7 Å². The van der Waals surface area contributed by atoms with Gasteiger partial charge in [0.05, 0.1) is 30.3 Å². The van der Waals surface area contributed by atoms with Gasteiger partial charge in [-0.2, -0.15) is 0 Å². The molecule has 2 aromatic rings. The maximum Gasteiger partial charge on any atom is 0.234 e. The smallest absolute Gasteiger partial charge is 0.234 e. The number of aryl methyl sites for hydroxylation is 1. The highest BCUT2D eigenvalue weighted by atomic mass is 32.1. The summed E-state index contributed by atoms with van der Waals surface area (Å²) in [5, 5.41) is 3.79. The molecule has 3 N–H and O–H groups in total. The zero-order valence-electron chi connectivity index (χ0n) is 12.3. The summed E-state index contributed by atoms with van der Waals surface area (Å²) in [6, 6.07) is 7.68. The molecule has 0 spiro atoms. The molecule has 112 valence electrons. The van der Waals surface area contributed by atoms with E-state index in [0.717, 1.165) is 26.9 Å². The monoisotopic (exact) mass is 305 g/mol. The number of benzene rings is 1. The number of thiazole rings is 1. The van der Waals surface area contributed by atoms with Gasteiger partial charge in [-0.1, -0.05) is 0 Å². The summed E-state index contributed by atoms with van der Waals surface area (Å²) >= 11 is 1.58. The van der Waals surface area contributed by atoms with E-state index >= 15 is 0 Å². The zero-order chi connectivity index (χ0) is 15.4. The lowest BCUT2D eigenvalue weighted by Crippen LogP contribution is -2.32. The molecule has 0 saturated carbocycles. The van der Waals surface area contributed by atoms with E-state index < -0.39 is 0 Å². The lowest BCUT2D eigenvalue weighted by atomic mass is 10.2. The van der Waals surface area contributed by atoms with Crippen LogP contribution >= 0.6 is 11.3 Å². The van der Waals surface area contributed by atoms with Crippen molar-refractivity contribution in [3.05, 3.63) is 34.8 Å². The number of rotatable bonds is 5. The summed E-state index contributed by atoms with van der Waals surface area (Å²) in [6.45, 7) is 3.88. The first-order valence-corrected chi connectivity index (χ1v) is 7.48. The Morgan fingerprint density at radius 2 is 2.10 bits per heavy atom. The van der Waals surface area contributed by atoms with Gasteiger partial charge in [0.25, 0.3) is 0 Å². The minimum absolute atomic E-state index is 0.00642. The molecule has 0 fully saturated rings. The Balaban J connectivity index is 2.23. The van der Waals surface area contributed by atoms with E-state index in [1.54, 1.807) is 18.4 Å². The Morgan fingerprint density at radius 1 is 1.43 bits per heavy atom. The number of hydrogen-bond acceptors (Lipinski definition) is 5. The molecule has 0 saturated heterocycles. The van der Waals surface area contributed by atoms with Crippen LogP contribution < -0.4 is 15.8 Å². The molecule has 1 unspecified atom stereocenters. The van der Waals surface area contributed by atoms with Crippen LogP contribution in [0.3, 0.4) is 0 Å². The minimum atomic E-state index is -0.165. The van der Waals surface area contributed by atoms with E-state index in [-0.39, 0.29) is 18.5 Å². The van der Waals surface area contributed by atoms with Crippen molar-refractivity contribution in [2.24, 2.45) is 5.73 Å². The third kappa shape index (κ3) is 3.59. The Hall–Kier alpha value is -1.92. The number of hydrogen-bond donors (Lipinski definition) is 2. The number of ether oxygens (including phenoxy) is 1. The molecule has 1 aromatic heterocycles. The van der Waals surface area contributed by atoms with Gasteiger partial charge < -0.3 is 15.8 Å². The quantitative estimate of drug-likeness (QED) is 0.888. The van der Waals surface area contributed by atoms with Gasteiger partial charge in [-0.05, 0) is 38.1 Å². The highest BCUT2D eigenvalue weighted by Crippen LogP contribution is 2.32. The summed E-state index contributed by atoms with van der Waals surface area (Å²) < 4.78 is 5.15. The molecule has 2 rings (SSSR count). The minimum Gasteiger partial charge on any atom is -0.497 e. The van der Waals surface area contributed by atoms with Gasteiger partial charge in [-0.3, -0.25) is 4.79 Å². The van der Waals surface area contributed by atoms with Crippen LogP contribution in [0.25, 0.3) is 10.6 Å². The number of carbonyl (C=O) groups is 1. The zero-order valence-corrected chi connectivity index (χ0v) is 13.2. The maximum absolute atomic E-state index is 11.4. The lowest BCUT2D eigenvalue weighted by Gasteiger charge is -2.11. The second-order valence-electron chi connectivity index (χ2n) is 4.69. The molecule has 1 aromatic carbocycles. The molecule has 6 heteroatoms. The first kappa shape index (κ1) is 15.5. The van der Waals surface area contributed by atoms with Gasteiger partial charge in [-0.15, -0.1) is 11.3 Å². The Bertz CT molecular complexity index is 622. The SMILES string of the molecule is COc1ccc(-c2nc(C)c(C(C)NC(=O)CN)s2)cc1. The van der Waals surface area contributed by atoms with Crippen molar-refractivity contribution in [3.8, 4) is 16.3 Å². The van der Waals surface area contributed by atoms with Crippen LogP contribution in [0.5, 0.6) is 5.75 Å². The van der Waals surface area contributed by atoms with Crippen molar-refractivity contribution in [1.29, 1.82) is 0 Å². The standard InChI is InChI=1S/C15H19N3O2S/c1-9(17-13(19)8-16)14-10(2)18-15(21-14)11-4-6-12(20-3)7-5-11/h4-7,9H,8,16H2,1-3H3,(H,17,19). The van der Waals surface area contributed by atoms with Crippen LogP contribution in [-0.4, -0.2) is 24.5 Å². The first-order chi connectivity index (χ1) is 10.0. The summed E-state index contributed by atoms with van der Waals surface area (Å²) in [4.78, 5) is 17.0. The predicted octanol–water partition coefficient (Wildman–Crippen LogP) is 2.26. The van der Waals surface area contributed by atoms with Crippen LogP contribution in [0, 0.1) is 6.92 Å². The number of nitrogens with two attached hydrogens (primary N) is 1. The topological polar surface area (TPSA) is 77.2 Å². The number of aromatic nitrogens is 1. The van der Waals surface area contributed by atoms with Crippen molar-refractivity contribution < 1.29 is 9.53 Å². The number of nitrogens with zero attached hydrogens (tertiary/aromatic N) is 1. The van der Waals surface area contributed by atoms with E-state index in [1.807, 2.05) is 38.1 Å². The number of nitrogens with one attached hydrogen (secondary N) is 1. The van der Waals surface area contributed by atoms with Crippen molar-refractivity contribution >= 4 is 17.2 Å². The fraction of sp³-hybridized carbons (Fsp3) is 0.333. The van der Waals surface area contributed by atoms with E-state index in [1.165, 1.54) is 0 Å². The molecule has 0 aliphatic rings. The number of amides is 1. The molecule has 0 bridgehead atoms. The highest BCUT2D eigenvalue weighted by Gasteiger charge is 2.16. The molecule has 0 radical (unpaired) electrons. The van der Waals surface area contributed by atoms with Crippen molar-refractivity contribution in [3.63, 3.8) is 0 Å². The molecule has 1 atom stereocenters. The third-order valence-electron chi connectivity index (χ3n) is 3.13. The normalized spacial score (nSPS) is 12.0. The summed E-state index contributed by atoms with van der Waals surface area (Å²) in [5.41, 5.74) is 7.29. The molecule has 0 aliphatic carbocycles. The number of methoxy groups -OCH3 is 1. The Kier molecular flexibility index (Phi) is 4.93. The second kappa shape index (κ2) is 6.69. The lowest BCUT2D eigenvalue weighted by molar-refractivity contribution is -0.120. The van der Waals surface area contributed by atoms with Crippen LogP contribution in [0.15, 0.2) is 24.3 Å². The van der Waals surface area contributed by atoms with Gasteiger partial charge in [0, 0.05) is 5.56 Å². The van der Waals surface area contributed by atoms with Crippen LogP contribution in [0.4, 0.5) is 0 Å². The van der Waals surface area contributed by atoms with Gasteiger partial charge in [0.1, 0.15) is 10.8 Å². The average molecular weight is 305 g/mol. The third-order valence-corrected chi connectivity index (χ3v) is 4.51. The molecule has 1 amide bonds. The van der Waals surface area contributed by atoms with Crippen molar-refractivity contribution in [1.82, 2.24) is 10.3 Å². The van der Waals surface area contributed by atoms with Crippen LogP contribution in [0.1, 0.15) is 23.5 Å². The molecule has 0 aliphatic heterocycles. The number of carbonyl (C=O) groups excluding carboxylic acids is 1. The molecular weight excluding hydrogens is 286 g/mol. The molecular formula is C15H19N3O2S. The highest BCUT2D eigenvalue weighted by molar-refractivity contribution is 7.15.